The average Bonchev–Trinajstić information content (AvgIpc) is 2.44. The first-order valence-corrected chi connectivity index (χ1v) is 7.46. The maximum absolute atomic E-state index is 12.1. The lowest BCUT2D eigenvalue weighted by Crippen LogP contribution is -2.36. The Morgan fingerprint density at radius 3 is 2.26 bits per heavy atom. The van der Waals surface area contributed by atoms with E-state index in [1.54, 1.807) is 26.8 Å². The van der Waals surface area contributed by atoms with E-state index in [9.17, 15) is 14.4 Å². The number of benzene rings is 1. The van der Waals surface area contributed by atoms with E-state index < -0.39 is 23.4 Å². The molecule has 0 aliphatic heterocycles. The Hall–Kier alpha value is -2.43. The van der Waals surface area contributed by atoms with E-state index in [0.29, 0.717) is 0 Å². The zero-order valence-corrected chi connectivity index (χ0v) is 14.0. The second-order valence-corrected chi connectivity index (χ2v) is 6.09. The summed E-state index contributed by atoms with van der Waals surface area (Å²) in [6.07, 6.45) is 2.93. The van der Waals surface area contributed by atoms with Crippen molar-refractivity contribution in [3.8, 4) is 0 Å². The van der Waals surface area contributed by atoms with Crippen molar-refractivity contribution in [2.75, 3.05) is 6.54 Å². The molecule has 0 spiro atoms. The lowest BCUT2D eigenvalue weighted by atomic mass is 10.2. The normalized spacial score (nSPS) is 11.3. The lowest BCUT2D eigenvalue weighted by Gasteiger charge is -2.21. The van der Waals surface area contributed by atoms with Crippen LogP contribution in [0.1, 0.15) is 39.7 Å². The summed E-state index contributed by atoms with van der Waals surface area (Å²) in [5, 5.41) is 0. The average molecular weight is 317 g/mol. The van der Waals surface area contributed by atoms with E-state index >= 15 is 0 Å². The SMILES string of the molecule is CC(=O)N(CCC(=O)OC(C)(C)C)C(=O)C=Cc1ccccc1. The summed E-state index contributed by atoms with van der Waals surface area (Å²) in [7, 11) is 0. The van der Waals surface area contributed by atoms with Crippen LogP contribution < -0.4 is 0 Å². The number of esters is 1. The van der Waals surface area contributed by atoms with E-state index in [-0.39, 0.29) is 13.0 Å². The van der Waals surface area contributed by atoms with Crippen LogP contribution in [0.5, 0.6) is 0 Å². The topological polar surface area (TPSA) is 63.7 Å². The zero-order valence-electron chi connectivity index (χ0n) is 14.0. The Labute approximate surface area is 136 Å². The van der Waals surface area contributed by atoms with Gasteiger partial charge < -0.3 is 4.74 Å². The minimum absolute atomic E-state index is 0.00219. The van der Waals surface area contributed by atoms with E-state index in [0.717, 1.165) is 10.5 Å². The Bertz CT molecular complexity index is 585. The van der Waals surface area contributed by atoms with Gasteiger partial charge in [0.2, 0.25) is 5.91 Å². The summed E-state index contributed by atoms with van der Waals surface area (Å²) in [5.41, 5.74) is 0.270. The molecular weight excluding hydrogens is 294 g/mol. The summed E-state index contributed by atoms with van der Waals surface area (Å²) in [4.78, 5) is 36.5. The smallest absolute Gasteiger partial charge is 0.308 e. The van der Waals surface area contributed by atoms with Gasteiger partial charge in [-0.25, -0.2) is 0 Å². The van der Waals surface area contributed by atoms with E-state index in [1.165, 1.54) is 13.0 Å². The standard InChI is InChI=1S/C18H23NO4/c1-14(20)19(13-12-17(22)23-18(2,3)4)16(21)11-10-15-8-6-5-7-9-15/h5-11H,12-13H2,1-4H3. The first kappa shape index (κ1) is 18.6. The Balaban J connectivity index is 2.64. The molecule has 0 saturated heterocycles. The van der Waals surface area contributed by atoms with Crippen LogP contribution >= 0.6 is 0 Å². The van der Waals surface area contributed by atoms with E-state index in [1.807, 2.05) is 30.3 Å². The molecule has 0 aliphatic rings. The lowest BCUT2D eigenvalue weighted by molar-refractivity contribution is -0.155. The van der Waals surface area contributed by atoms with Crippen LogP contribution in [0.3, 0.4) is 0 Å². The number of hydrogen-bond donors (Lipinski definition) is 0. The Morgan fingerprint density at radius 1 is 1.13 bits per heavy atom. The second kappa shape index (κ2) is 8.27. The van der Waals surface area contributed by atoms with Crippen LogP contribution in [-0.4, -0.2) is 34.8 Å². The highest BCUT2D eigenvalue weighted by atomic mass is 16.6. The maximum Gasteiger partial charge on any atom is 0.308 e. The van der Waals surface area contributed by atoms with E-state index in [2.05, 4.69) is 0 Å². The summed E-state index contributed by atoms with van der Waals surface area (Å²) in [5.74, 6) is -1.30. The van der Waals surface area contributed by atoms with Gasteiger partial charge in [0.25, 0.3) is 5.91 Å². The second-order valence-electron chi connectivity index (χ2n) is 6.09. The van der Waals surface area contributed by atoms with Crippen LogP contribution in [0.4, 0.5) is 0 Å². The van der Waals surface area contributed by atoms with Gasteiger partial charge in [-0.2, -0.15) is 0 Å². The minimum Gasteiger partial charge on any atom is -0.460 e. The molecule has 1 aromatic carbocycles. The molecule has 0 heterocycles. The highest BCUT2D eigenvalue weighted by Crippen LogP contribution is 2.09. The van der Waals surface area contributed by atoms with Crippen LogP contribution in [0.2, 0.25) is 0 Å². The summed E-state index contributed by atoms with van der Waals surface area (Å²) in [6.45, 7) is 6.59. The quantitative estimate of drug-likeness (QED) is 0.619. The fraction of sp³-hybridized carbons (Fsp3) is 0.389. The molecule has 23 heavy (non-hydrogen) atoms. The number of carbonyl (C=O) groups is 3. The number of nitrogens with zero attached hydrogens (tertiary/aromatic N) is 1. The van der Waals surface area contributed by atoms with Crippen molar-refractivity contribution < 1.29 is 19.1 Å². The van der Waals surface area contributed by atoms with Gasteiger partial charge in [-0.3, -0.25) is 19.3 Å². The highest BCUT2D eigenvalue weighted by Gasteiger charge is 2.20. The molecule has 0 unspecified atom stereocenters. The van der Waals surface area contributed by atoms with Crippen LogP contribution in [0.25, 0.3) is 6.08 Å². The van der Waals surface area contributed by atoms with Gasteiger partial charge in [-0.15, -0.1) is 0 Å². The first-order valence-electron chi connectivity index (χ1n) is 7.46. The largest absolute Gasteiger partial charge is 0.460 e. The molecule has 1 rings (SSSR count). The molecule has 0 bridgehead atoms. The van der Waals surface area contributed by atoms with Crippen LogP contribution in [-0.2, 0) is 19.1 Å². The molecule has 0 radical (unpaired) electrons. The fourth-order valence-corrected chi connectivity index (χ4v) is 1.84. The summed E-state index contributed by atoms with van der Waals surface area (Å²) < 4.78 is 5.17. The molecule has 2 amide bonds. The monoisotopic (exact) mass is 317 g/mol. The van der Waals surface area contributed by atoms with Crippen molar-refractivity contribution in [2.45, 2.75) is 39.7 Å². The molecule has 124 valence electrons. The van der Waals surface area contributed by atoms with E-state index in [4.69, 9.17) is 4.74 Å². The molecule has 0 fully saturated rings. The molecule has 1 aromatic rings. The molecule has 0 atom stereocenters. The minimum atomic E-state index is -0.588. The third kappa shape index (κ3) is 7.40. The molecule has 0 N–H and O–H groups in total. The van der Waals surface area contributed by atoms with Gasteiger partial charge in [-0.05, 0) is 32.4 Å². The number of carbonyl (C=O) groups excluding carboxylic acids is 3. The molecule has 0 aromatic heterocycles. The Morgan fingerprint density at radius 2 is 1.74 bits per heavy atom. The molecule has 0 saturated carbocycles. The molecule has 5 heteroatoms. The fourth-order valence-electron chi connectivity index (χ4n) is 1.84. The van der Waals surface area contributed by atoms with Crippen LogP contribution in [0, 0.1) is 0 Å². The van der Waals surface area contributed by atoms with Crippen molar-refractivity contribution in [3.05, 3.63) is 42.0 Å². The van der Waals surface area contributed by atoms with Gasteiger partial charge >= 0.3 is 5.97 Å². The van der Waals surface area contributed by atoms with Gasteiger partial charge in [-0.1, -0.05) is 30.3 Å². The predicted molar refractivity (Wildman–Crippen MR) is 88.3 cm³/mol. The number of imide groups is 1. The number of ether oxygens (including phenoxy) is 1. The van der Waals surface area contributed by atoms with Crippen molar-refractivity contribution in [1.82, 2.24) is 4.90 Å². The van der Waals surface area contributed by atoms with Gasteiger partial charge in [0.15, 0.2) is 0 Å². The molecule has 5 nitrogen and oxygen atoms in total. The Kier molecular flexibility index (Phi) is 6.69. The van der Waals surface area contributed by atoms with Crippen molar-refractivity contribution in [1.29, 1.82) is 0 Å². The third-order valence-electron chi connectivity index (χ3n) is 2.82. The number of rotatable bonds is 5. The maximum atomic E-state index is 12.1. The van der Waals surface area contributed by atoms with Crippen molar-refractivity contribution in [2.24, 2.45) is 0 Å². The van der Waals surface area contributed by atoms with Gasteiger partial charge in [0.1, 0.15) is 5.60 Å². The highest BCUT2D eigenvalue weighted by molar-refractivity contribution is 6.02. The molecular formula is C18H23NO4. The third-order valence-corrected chi connectivity index (χ3v) is 2.82. The first-order chi connectivity index (χ1) is 10.7. The van der Waals surface area contributed by atoms with Crippen molar-refractivity contribution >= 4 is 23.9 Å². The predicted octanol–water partition coefficient (Wildman–Crippen LogP) is 2.81. The van der Waals surface area contributed by atoms with Gasteiger partial charge in [0, 0.05) is 19.5 Å². The summed E-state index contributed by atoms with van der Waals surface area (Å²) in [6, 6.07) is 9.29. The van der Waals surface area contributed by atoms with Crippen LogP contribution in [0.15, 0.2) is 36.4 Å². The number of amides is 2. The van der Waals surface area contributed by atoms with Crippen molar-refractivity contribution in [3.63, 3.8) is 0 Å². The zero-order chi connectivity index (χ0) is 17.5. The molecule has 0 aliphatic carbocycles. The number of hydrogen-bond acceptors (Lipinski definition) is 4. The summed E-state index contributed by atoms with van der Waals surface area (Å²) >= 11 is 0. The van der Waals surface area contributed by atoms with Gasteiger partial charge in [0.05, 0.1) is 6.42 Å².